The number of hydrogen-bond donors (Lipinski definition) is 1. The van der Waals surface area contributed by atoms with E-state index in [1.165, 1.54) is 38.4 Å². The molecule has 168 valence electrons. The molecule has 0 aliphatic carbocycles. The van der Waals surface area contributed by atoms with Crippen LogP contribution in [0.25, 0.3) is 0 Å². The Morgan fingerprint density at radius 1 is 1.00 bits per heavy atom. The van der Waals surface area contributed by atoms with Crippen LogP contribution < -0.4 is 14.4 Å². The fourth-order valence-corrected chi connectivity index (χ4v) is 4.14. The van der Waals surface area contributed by atoms with E-state index >= 15 is 0 Å². The summed E-state index contributed by atoms with van der Waals surface area (Å²) in [5.41, 5.74) is 0.982. The van der Waals surface area contributed by atoms with Crippen LogP contribution in [0.4, 0.5) is 11.4 Å². The number of methoxy groups -OCH3 is 1. The molecular formula is C23H26N4O4S. The molecule has 32 heavy (non-hydrogen) atoms. The van der Waals surface area contributed by atoms with Gasteiger partial charge in [-0.3, -0.25) is 9.10 Å². The Bertz CT molecular complexity index is 1200. The van der Waals surface area contributed by atoms with Gasteiger partial charge in [0.15, 0.2) is 0 Å². The van der Waals surface area contributed by atoms with Gasteiger partial charge in [-0.25, -0.2) is 18.4 Å². The fourth-order valence-electron chi connectivity index (χ4n) is 2.94. The van der Waals surface area contributed by atoms with E-state index in [0.717, 1.165) is 4.31 Å². The number of rotatable bonds is 6. The van der Waals surface area contributed by atoms with E-state index in [2.05, 4.69) is 15.3 Å². The second-order valence-corrected chi connectivity index (χ2v) is 10.1. The lowest BCUT2D eigenvalue weighted by molar-refractivity contribution is 0.102. The molecule has 0 fully saturated rings. The van der Waals surface area contributed by atoms with Gasteiger partial charge in [0.05, 0.1) is 35.8 Å². The number of sulfonamides is 1. The first kappa shape index (κ1) is 23.2. The van der Waals surface area contributed by atoms with Crippen LogP contribution in [0.3, 0.4) is 0 Å². The van der Waals surface area contributed by atoms with Crippen LogP contribution in [0.15, 0.2) is 65.8 Å². The zero-order chi connectivity index (χ0) is 23.5. The highest BCUT2D eigenvalue weighted by Crippen LogP contribution is 2.31. The van der Waals surface area contributed by atoms with Gasteiger partial charge in [-0.2, -0.15) is 0 Å². The van der Waals surface area contributed by atoms with E-state index in [9.17, 15) is 13.2 Å². The second-order valence-electron chi connectivity index (χ2n) is 8.17. The summed E-state index contributed by atoms with van der Waals surface area (Å²) in [6, 6.07) is 12.6. The maximum atomic E-state index is 13.0. The predicted octanol–water partition coefficient (Wildman–Crippen LogP) is 3.86. The van der Waals surface area contributed by atoms with Gasteiger partial charge in [-0.15, -0.1) is 0 Å². The molecule has 0 atom stereocenters. The number of anilines is 2. The van der Waals surface area contributed by atoms with Crippen LogP contribution in [0, 0.1) is 0 Å². The Labute approximate surface area is 188 Å². The van der Waals surface area contributed by atoms with E-state index in [0.29, 0.717) is 28.5 Å². The molecule has 0 saturated heterocycles. The van der Waals surface area contributed by atoms with Crippen molar-refractivity contribution in [1.29, 1.82) is 0 Å². The minimum atomic E-state index is -3.84. The van der Waals surface area contributed by atoms with Crippen LogP contribution in [-0.2, 0) is 15.4 Å². The quantitative estimate of drug-likeness (QED) is 0.607. The van der Waals surface area contributed by atoms with Gasteiger partial charge in [0.25, 0.3) is 15.9 Å². The van der Waals surface area contributed by atoms with Crippen molar-refractivity contribution < 1.29 is 17.9 Å². The smallest absolute Gasteiger partial charge is 0.264 e. The summed E-state index contributed by atoms with van der Waals surface area (Å²) in [4.78, 5) is 21.2. The van der Waals surface area contributed by atoms with Gasteiger partial charge >= 0.3 is 0 Å². The zero-order valence-corrected chi connectivity index (χ0v) is 19.5. The fraction of sp³-hybridized carbons (Fsp3) is 0.261. The second kappa shape index (κ2) is 8.96. The first-order chi connectivity index (χ1) is 15.0. The van der Waals surface area contributed by atoms with Crippen LogP contribution in [0.2, 0.25) is 0 Å². The first-order valence-corrected chi connectivity index (χ1v) is 11.3. The largest absolute Gasteiger partial charge is 0.495 e. The van der Waals surface area contributed by atoms with Crippen molar-refractivity contribution in [2.24, 2.45) is 0 Å². The minimum absolute atomic E-state index is 0.0559. The monoisotopic (exact) mass is 454 g/mol. The summed E-state index contributed by atoms with van der Waals surface area (Å²) < 4.78 is 32.5. The molecule has 0 aliphatic rings. The molecule has 3 aromatic rings. The normalized spacial score (nSPS) is 11.7. The van der Waals surface area contributed by atoms with Gasteiger partial charge in [-0.1, -0.05) is 32.9 Å². The standard InChI is InChI=1S/C23H26N4O4S/c1-23(2,3)22-24-14-17(15-25-22)26-21(28)16-10-12-18(13-11-16)32(29,30)27(4)19-8-6-7-9-20(19)31-5/h6-15H,1-5H3,(H,26,28). The topological polar surface area (TPSA) is 101 Å². The van der Waals surface area contributed by atoms with Crippen LogP contribution in [-0.4, -0.2) is 38.5 Å². The molecule has 0 saturated carbocycles. The highest BCUT2D eigenvalue weighted by Gasteiger charge is 2.24. The number of para-hydroxylation sites is 2. The summed E-state index contributed by atoms with van der Waals surface area (Å²) in [7, 11) is -0.909. The molecular weight excluding hydrogens is 428 g/mol. The summed E-state index contributed by atoms with van der Waals surface area (Å²) in [6.45, 7) is 6.00. The van der Waals surface area contributed by atoms with E-state index in [1.807, 2.05) is 20.8 Å². The number of ether oxygens (including phenoxy) is 1. The number of amides is 1. The average Bonchev–Trinajstić information content (AvgIpc) is 2.78. The number of nitrogens with zero attached hydrogens (tertiary/aromatic N) is 3. The van der Waals surface area contributed by atoms with Crippen molar-refractivity contribution >= 4 is 27.3 Å². The zero-order valence-electron chi connectivity index (χ0n) is 18.7. The van der Waals surface area contributed by atoms with Gasteiger partial charge in [0, 0.05) is 18.0 Å². The molecule has 9 heteroatoms. The minimum Gasteiger partial charge on any atom is -0.495 e. The number of carbonyl (C=O) groups excluding carboxylic acids is 1. The van der Waals surface area contributed by atoms with Crippen LogP contribution in [0.1, 0.15) is 37.0 Å². The molecule has 0 aliphatic heterocycles. The predicted molar refractivity (Wildman–Crippen MR) is 124 cm³/mol. The lowest BCUT2D eigenvalue weighted by Crippen LogP contribution is -2.27. The molecule has 0 unspecified atom stereocenters. The summed E-state index contributed by atoms with van der Waals surface area (Å²) >= 11 is 0. The highest BCUT2D eigenvalue weighted by atomic mass is 32.2. The lowest BCUT2D eigenvalue weighted by Gasteiger charge is -2.21. The van der Waals surface area contributed by atoms with Crippen molar-refractivity contribution in [1.82, 2.24) is 9.97 Å². The summed E-state index contributed by atoms with van der Waals surface area (Å²) in [6.07, 6.45) is 3.10. The van der Waals surface area contributed by atoms with Gasteiger partial charge in [0.2, 0.25) is 0 Å². The number of aromatic nitrogens is 2. The van der Waals surface area contributed by atoms with Crippen molar-refractivity contribution in [2.75, 3.05) is 23.8 Å². The number of carbonyl (C=O) groups is 1. The number of benzene rings is 2. The summed E-state index contributed by atoms with van der Waals surface area (Å²) in [5.74, 6) is 0.720. The Morgan fingerprint density at radius 2 is 1.59 bits per heavy atom. The maximum absolute atomic E-state index is 13.0. The van der Waals surface area contributed by atoms with Crippen LogP contribution in [0.5, 0.6) is 5.75 Å². The molecule has 1 N–H and O–H groups in total. The van der Waals surface area contributed by atoms with Crippen molar-refractivity contribution in [3.63, 3.8) is 0 Å². The molecule has 1 amide bonds. The van der Waals surface area contributed by atoms with E-state index in [4.69, 9.17) is 4.74 Å². The van der Waals surface area contributed by atoms with Crippen molar-refractivity contribution in [3.05, 3.63) is 72.3 Å². The molecule has 0 bridgehead atoms. The van der Waals surface area contributed by atoms with E-state index in [-0.39, 0.29) is 16.2 Å². The van der Waals surface area contributed by atoms with E-state index < -0.39 is 10.0 Å². The molecule has 2 aromatic carbocycles. The molecule has 8 nitrogen and oxygen atoms in total. The van der Waals surface area contributed by atoms with Crippen LogP contribution >= 0.6 is 0 Å². The number of nitrogens with one attached hydrogen (secondary N) is 1. The Morgan fingerprint density at radius 3 is 2.16 bits per heavy atom. The summed E-state index contributed by atoms with van der Waals surface area (Å²) in [5, 5.41) is 2.72. The Hall–Kier alpha value is -3.46. The highest BCUT2D eigenvalue weighted by molar-refractivity contribution is 7.92. The van der Waals surface area contributed by atoms with Crippen molar-refractivity contribution in [2.45, 2.75) is 31.1 Å². The van der Waals surface area contributed by atoms with E-state index in [1.54, 1.807) is 36.7 Å². The molecule has 1 heterocycles. The van der Waals surface area contributed by atoms with Gasteiger partial charge in [-0.05, 0) is 36.4 Å². The Balaban J connectivity index is 1.77. The van der Waals surface area contributed by atoms with Gasteiger partial charge < -0.3 is 10.1 Å². The third kappa shape index (κ3) is 4.88. The third-order valence-electron chi connectivity index (χ3n) is 4.78. The SMILES string of the molecule is COc1ccccc1N(C)S(=O)(=O)c1ccc(C(=O)Nc2cnc(C(C)(C)C)nc2)cc1. The Kier molecular flexibility index (Phi) is 6.50. The first-order valence-electron chi connectivity index (χ1n) is 9.90. The average molecular weight is 455 g/mol. The van der Waals surface area contributed by atoms with Gasteiger partial charge in [0.1, 0.15) is 11.6 Å². The number of hydrogen-bond acceptors (Lipinski definition) is 6. The third-order valence-corrected chi connectivity index (χ3v) is 6.57. The van der Waals surface area contributed by atoms with Crippen molar-refractivity contribution in [3.8, 4) is 5.75 Å². The lowest BCUT2D eigenvalue weighted by atomic mass is 9.96. The molecule has 3 rings (SSSR count). The molecule has 0 spiro atoms. The maximum Gasteiger partial charge on any atom is 0.264 e. The molecule has 1 aromatic heterocycles. The molecule has 0 radical (unpaired) electrons.